The SMILES string of the molecule is Clc1ccc(/C=C/c2ccn(-c3ccccn3)n2)cc1. The fraction of sp³-hybridized carbons (Fsp3) is 0. The molecule has 0 aliphatic carbocycles. The summed E-state index contributed by atoms with van der Waals surface area (Å²) in [5.41, 5.74) is 1.97. The first kappa shape index (κ1) is 12.6. The predicted octanol–water partition coefficient (Wildman–Crippen LogP) is 4.09. The molecule has 0 N–H and O–H groups in total. The highest BCUT2D eigenvalue weighted by Crippen LogP contribution is 2.12. The van der Waals surface area contributed by atoms with Crippen LogP contribution in [0.25, 0.3) is 18.0 Å². The van der Waals surface area contributed by atoms with E-state index in [1.807, 2.05) is 66.9 Å². The van der Waals surface area contributed by atoms with E-state index in [-0.39, 0.29) is 0 Å². The molecule has 3 rings (SSSR count). The van der Waals surface area contributed by atoms with Crippen molar-refractivity contribution in [2.75, 3.05) is 0 Å². The van der Waals surface area contributed by atoms with Crippen LogP contribution in [0.4, 0.5) is 0 Å². The van der Waals surface area contributed by atoms with Gasteiger partial charge >= 0.3 is 0 Å². The lowest BCUT2D eigenvalue weighted by atomic mass is 10.2. The summed E-state index contributed by atoms with van der Waals surface area (Å²) in [6, 6.07) is 15.4. The highest BCUT2D eigenvalue weighted by molar-refractivity contribution is 6.30. The van der Waals surface area contributed by atoms with Gasteiger partial charge in [-0.05, 0) is 42.0 Å². The molecule has 0 amide bonds. The molecule has 2 aromatic heterocycles. The van der Waals surface area contributed by atoms with E-state index in [0.717, 1.165) is 22.1 Å². The molecule has 98 valence electrons. The maximum atomic E-state index is 5.85. The van der Waals surface area contributed by atoms with Crippen LogP contribution in [0.15, 0.2) is 60.9 Å². The first-order valence-electron chi connectivity index (χ1n) is 6.22. The third kappa shape index (κ3) is 2.95. The van der Waals surface area contributed by atoms with E-state index in [0.29, 0.717) is 0 Å². The van der Waals surface area contributed by atoms with E-state index < -0.39 is 0 Å². The Hall–Kier alpha value is -2.39. The van der Waals surface area contributed by atoms with Crippen LogP contribution < -0.4 is 0 Å². The van der Waals surface area contributed by atoms with E-state index in [1.165, 1.54) is 0 Å². The number of pyridine rings is 1. The van der Waals surface area contributed by atoms with Crippen LogP contribution in [0, 0.1) is 0 Å². The van der Waals surface area contributed by atoms with Crippen molar-refractivity contribution >= 4 is 23.8 Å². The molecule has 2 heterocycles. The van der Waals surface area contributed by atoms with Crippen molar-refractivity contribution in [2.24, 2.45) is 0 Å². The third-order valence-electron chi connectivity index (χ3n) is 2.81. The fourth-order valence-electron chi connectivity index (χ4n) is 1.80. The summed E-state index contributed by atoms with van der Waals surface area (Å²) in [7, 11) is 0. The van der Waals surface area contributed by atoms with Crippen molar-refractivity contribution in [3.05, 3.63) is 77.2 Å². The maximum absolute atomic E-state index is 5.85. The smallest absolute Gasteiger partial charge is 0.153 e. The van der Waals surface area contributed by atoms with Crippen LogP contribution in [0.2, 0.25) is 5.02 Å². The highest BCUT2D eigenvalue weighted by atomic mass is 35.5. The monoisotopic (exact) mass is 281 g/mol. The van der Waals surface area contributed by atoms with Gasteiger partial charge in [-0.15, -0.1) is 0 Å². The van der Waals surface area contributed by atoms with Gasteiger partial charge in [0, 0.05) is 17.4 Å². The van der Waals surface area contributed by atoms with Gasteiger partial charge in [0.2, 0.25) is 0 Å². The van der Waals surface area contributed by atoms with Gasteiger partial charge in [-0.2, -0.15) is 5.10 Å². The van der Waals surface area contributed by atoms with E-state index in [9.17, 15) is 0 Å². The zero-order chi connectivity index (χ0) is 13.8. The molecule has 4 heteroatoms. The van der Waals surface area contributed by atoms with Gasteiger partial charge in [0.15, 0.2) is 5.82 Å². The molecule has 0 saturated carbocycles. The van der Waals surface area contributed by atoms with E-state index in [1.54, 1.807) is 10.9 Å². The Morgan fingerprint density at radius 1 is 0.950 bits per heavy atom. The van der Waals surface area contributed by atoms with Gasteiger partial charge < -0.3 is 0 Å². The number of benzene rings is 1. The number of hydrogen-bond acceptors (Lipinski definition) is 2. The number of nitrogens with zero attached hydrogens (tertiary/aromatic N) is 3. The molecule has 0 aliphatic heterocycles. The fourth-order valence-corrected chi connectivity index (χ4v) is 1.93. The zero-order valence-corrected chi connectivity index (χ0v) is 11.4. The lowest BCUT2D eigenvalue weighted by Gasteiger charge is -1.97. The minimum Gasteiger partial charge on any atom is -0.237 e. The average molecular weight is 282 g/mol. The van der Waals surface area contributed by atoms with Crippen molar-refractivity contribution in [1.82, 2.24) is 14.8 Å². The molecule has 0 bridgehead atoms. The summed E-state index contributed by atoms with van der Waals surface area (Å²) in [5.74, 6) is 0.804. The Labute approximate surface area is 122 Å². The van der Waals surface area contributed by atoms with E-state index in [4.69, 9.17) is 11.6 Å². The topological polar surface area (TPSA) is 30.7 Å². The summed E-state index contributed by atoms with van der Waals surface area (Å²) in [5, 5.41) is 5.19. The normalized spacial score (nSPS) is 11.1. The first-order chi connectivity index (χ1) is 9.81. The van der Waals surface area contributed by atoms with Crippen molar-refractivity contribution < 1.29 is 0 Å². The Morgan fingerprint density at radius 3 is 2.55 bits per heavy atom. The van der Waals surface area contributed by atoms with Crippen LogP contribution in [-0.4, -0.2) is 14.8 Å². The maximum Gasteiger partial charge on any atom is 0.153 e. The van der Waals surface area contributed by atoms with Crippen LogP contribution in [-0.2, 0) is 0 Å². The van der Waals surface area contributed by atoms with Crippen molar-refractivity contribution in [2.45, 2.75) is 0 Å². The summed E-state index contributed by atoms with van der Waals surface area (Å²) in [6.45, 7) is 0. The van der Waals surface area contributed by atoms with Gasteiger partial charge in [0.05, 0.1) is 5.69 Å². The predicted molar refractivity (Wildman–Crippen MR) is 81.7 cm³/mol. The molecule has 3 nitrogen and oxygen atoms in total. The molecule has 3 aromatic rings. The average Bonchev–Trinajstić information content (AvgIpc) is 2.97. The molecule has 0 atom stereocenters. The van der Waals surface area contributed by atoms with Crippen LogP contribution >= 0.6 is 11.6 Å². The first-order valence-corrected chi connectivity index (χ1v) is 6.60. The second-order valence-electron chi connectivity index (χ2n) is 4.26. The van der Waals surface area contributed by atoms with Crippen LogP contribution in [0.3, 0.4) is 0 Å². The summed E-state index contributed by atoms with van der Waals surface area (Å²) in [6.07, 6.45) is 7.61. The summed E-state index contributed by atoms with van der Waals surface area (Å²) >= 11 is 5.85. The van der Waals surface area contributed by atoms with Gasteiger partial charge in [-0.1, -0.05) is 35.9 Å². The molecule has 0 aliphatic rings. The molecule has 0 fully saturated rings. The highest BCUT2D eigenvalue weighted by Gasteiger charge is 1.98. The molecule has 20 heavy (non-hydrogen) atoms. The van der Waals surface area contributed by atoms with Gasteiger partial charge in [-0.3, -0.25) is 0 Å². The quantitative estimate of drug-likeness (QED) is 0.724. The minimum atomic E-state index is 0.738. The number of hydrogen-bond donors (Lipinski definition) is 0. The molecule has 0 unspecified atom stereocenters. The largest absolute Gasteiger partial charge is 0.237 e. The van der Waals surface area contributed by atoms with Crippen molar-refractivity contribution in [1.29, 1.82) is 0 Å². The molecule has 0 spiro atoms. The third-order valence-corrected chi connectivity index (χ3v) is 3.06. The molecule has 0 radical (unpaired) electrons. The minimum absolute atomic E-state index is 0.738. The van der Waals surface area contributed by atoms with Crippen molar-refractivity contribution in [3.8, 4) is 5.82 Å². The second kappa shape index (κ2) is 5.72. The van der Waals surface area contributed by atoms with E-state index >= 15 is 0 Å². The van der Waals surface area contributed by atoms with E-state index in [2.05, 4.69) is 10.1 Å². The van der Waals surface area contributed by atoms with Crippen LogP contribution in [0.1, 0.15) is 11.3 Å². The second-order valence-corrected chi connectivity index (χ2v) is 4.69. The Bertz CT molecular complexity index is 715. The Balaban J connectivity index is 1.79. The van der Waals surface area contributed by atoms with Crippen LogP contribution in [0.5, 0.6) is 0 Å². The Morgan fingerprint density at radius 2 is 1.80 bits per heavy atom. The standard InChI is InChI=1S/C16H12ClN3/c17-14-7-4-13(5-8-14)6-9-15-10-12-20(19-15)16-3-1-2-11-18-16/h1-12H/b9-6+. The lowest BCUT2D eigenvalue weighted by molar-refractivity contribution is 0.843. The number of aromatic nitrogens is 3. The van der Waals surface area contributed by atoms with Gasteiger partial charge in [0.25, 0.3) is 0 Å². The number of halogens is 1. The van der Waals surface area contributed by atoms with Gasteiger partial charge in [0.1, 0.15) is 0 Å². The number of rotatable bonds is 3. The summed E-state index contributed by atoms with van der Waals surface area (Å²) in [4.78, 5) is 4.25. The lowest BCUT2D eigenvalue weighted by Crippen LogP contribution is -1.96. The molecular weight excluding hydrogens is 270 g/mol. The molecule has 1 aromatic carbocycles. The van der Waals surface area contributed by atoms with Gasteiger partial charge in [-0.25, -0.2) is 9.67 Å². The van der Waals surface area contributed by atoms with Crippen molar-refractivity contribution in [3.63, 3.8) is 0 Å². The zero-order valence-electron chi connectivity index (χ0n) is 10.6. The Kier molecular flexibility index (Phi) is 3.61. The molecular formula is C16H12ClN3. The molecule has 0 saturated heterocycles. The summed E-state index contributed by atoms with van der Waals surface area (Å²) < 4.78 is 1.75.